The van der Waals surface area contributed by atoms with Crippen molar-refractivity contribution < 1.29 is 4.74 Å². The average molecular weight is 268 g/mol. The van der Waals surface area contributed by atoms with Crippen LogP contribution in [-0.2, 0) is 0 Å². The smallest absolute Gasteiger partial charge is 0.264 e. The van der Waals surface area contributed by atoms with Crippen molar-refractivity contribution in [3.63, 3.8) is 0 Å². The van der Waals surface area contributed by atoms with Crippen LogP contribution in [0.2, 0.25) is 0 Å². The first-order chi connectivity index (χ1) is 9.69. The molecule has 2 rings (SSSR count). The molecule has 102 valence electrons. The normalized spacial score (nSPS) is 10.7. The lowest BCUT2D eigenvalue weighted by molar-refractivity contribution is 0.363. The minimum atomic E-state index is -0.195. The van der Waals surface area contributed by atoms with Crippen LogP contribution in [-0.4, -0.2) is 16.8 Å². The second kappa shape index (κ2) is 6.52. The predicted molar refractivity (Wildman–Crippen MR) is 80.7 cm³/mol. The molecule has 0 aliphatic rings. The Hall–Kier alpha value is -2.62. The summed E-state index contributed by atoms with van der Waals surface area (Å²) in [5.41, 5.74) is 2.38. The molecule has 0 saturated heterocycles. The monoisotopic (exact) mass is 268 g/mol. The summed E-state index contributed by atoms with van der Waals surface area (Å²) in [5, 5.41) is 6.42. The highest BCUT2D eigenvalue weighted by Crippen LogP contribution is 2.15. The average Bonchev–Trinajstić information content (AvgIpc) is 2.45. The van der Waals surface area contributed by atoms with E-state index >= 15 is 0 Å². The Kier molecular flexibility index (Phi) is 4.50. The topological polar surface area (TPSA) is 55.0 Å². The van der Waals surface area contributed by atoms with Gasteiger partial charge in [0.25, 0.3) is 5.56 Å². The number of hydrogen-bond donors (Lipinski definition) is 1. The molecule has 0 aliphatic carbocycles. The molecular weight excluding hydrogens is 252 g/mol. The maximum absolute atomic E-state index is 11.1. The van der Waals surface area contributed by atoms with E-state index in [2.05, 4.69) is 16.8 Å². The molecule has 4 nitrogen and oxygen atoms in total. The summed E-state index contributed by atoms with van der Waals surface area (Å²) in [7, 11) is 0. The lowest BCUT2D eigenvalue weighted by Crippen LogP contribution is -2.08. The van der Waals surface area contributed by atoms with Gasteiger partial charge in [-0.25, -0.2) is 5.10 Å². The first-order valence-electron chi connectivity index (χ1n) is 6.27. The van der Waals surface area contributed by atoms with Gasteiger partial charge in [0.2, 0.25) is 0 Å². The van der Waals surface area contributed by atoms with Crippen LogP contribution in [0.1, 0.15) is 16.8 Å². The second-order valence-electron chi connectivity index (χ2n) is 4.31. The van der Waals surface area contributed by atoms with Crippen molar-refractivity contribution in [2.45, 2.75) is 6.92 Å². The van der Waals surface area contributed by atoms with Crippen LogP contribution >= 0.6 is 0 Å². The number of aryl methyl sites for hydroxylation is 1. The number of aromatic nitrogens is 2. The van der Waals surface area contributed by atoms with E-state index in [-0.39, 0.29) is 5.56 Å². The van der Waals surface area contributed by atoms with Crippen LogP contribution in [0.3, 0.4) is 0 Å². The van der Waals surface area contributed by atoms with Gasteiger partial charge in [0.1, 0.15) is 12.4 Å². The molecule has 1 N–H and O–H groups in total. The van der Waals surface area contributed by atoms with Gasteiger partial charge in [-0.2, -0.15) is 5.10 Å². The third kappa shape index (κ3) is 3.68. The molecular formula is C16H16N2O2. The Morgan fingerprint density at radius 3 is 2.95 bits per heavy atom. The fourth-order valence-corrected chi connectivity index (χ4v) is 1.71. The van der Waals surface area contributed by atoms with Crippen molar-refractivity contribution in [2.24, 2.45) is 0 Å². The molecule has 1 aromatic heterocycles. The van der Waals surface area contributed by atoms with Crippen molar-refractivity contribution in [2.75, 3.05) is 6.61 Å². The maximum atomic E-state index is 11.1. The summed E-state index contributed by atoms with van der Waals surface area (Å²) in [4.78, 5) is 11.1. The molecule has 0 fully saturated rings. The number of hydrogen-bond acceptors (Lipinski definition) is 3. The van der Waals surface area contributed by atoms with Gasteiger partial charge in [-0.05, 0) is 36.3 Å². The van der Waals surface area contributed by atoms with Crippen molar-refractivity contribution in [1.82, 2.24) is 10.2 Å². The first-order valence-corrected chi connectivity index (χ1v) is 6.27. The van der Waals surface area contributed by atoms with Crippen LogP contribution in [0.15, 0.2) is 47.8 Å². The summed E-state index contributed by atoms with van der Waals surface area (Å²) in [6.07, 6.45) is 5.49. The molecule has 0 atom stereocenters. The van der Waals surface area contributed by atoms with E-state index in [4.69, 9.17) is 4.74 Å². The minimum Gasteiger partial charge on any atom is -0.490 e. The van der Waals surface area contributed by atoms with Gasteiger partial charge in [-0.1, -0.05) is 30.9 Å². The highest BCUT2D eigenvalue weighted by atomic mass is 16.5. The molecule has 0 aliphatic heterocycles. The van der Waals surface area contributed by atoms with E-state index in [9.17, 15) is 4.79 Å². The lowest BCUT2D eigenvalue weighted by atomic mass is 10.1. The maximum Gasteiger partial charge on any atom is 0.264 e. The van der Waals surface area contributed by atoms with Crippen LogP contribution in [0.5, 0.6) is 5.75 Å². The zero-order valence-electron chi connectivity index (χ0n) is 11.3. The third-order valence-corrected chi connectivity index (χ3v) is 2.70. The second-order valence-corrected chi connectivity index (χ2v) is 4.31. The largest absolute Gasteiger partial charge is 0.490 e. The molecule has 20 heavy (non-hydrogen) atoms. The number of ether oxygens (including phenoxy) is 1. The Labute approximate surface area is 117 Å². The Morgan fingerprint density at radius 2 is 2.20 bits per heavy atom. The van der Waals surface area contributed by atoms with E-state index in [0.717, 1.165) is 22.6 Å². The summed E-state index contributed by atoms with van der Waals surface area (Å²) in [5.74, 6) is 0.790. The SMILES string of the molecule is C=CCOc1cccc(C=Cc2n[nH]c(=O)cc2C)c1. The van der Waals surface area contributed by atoms with Crippen molar-refractivity contribution >= 4 is 12.2 Å². The molecule has 0 saturated carbocycles. The van der Waals surface area contributed by atoms with Gasteiger partial charge >= 0.3 is 0 Å². The Balaban J connectivity index is 2.18. The predicted octanol–water partition coefficient (Wildman–Crippen LogP) is 2.81. The number of aromatic amines is 1. The van der Waals surface area contributed by atoms with Gasteiger partial charge in [-0.15, -0.1) is 0 Å². The van der Waals surface area contributed by atoms with E-state index < -0.39 is 0 Å². The first kappa shape index (κ1) is 13.8. The molecule has 0 unspecified atom stereocenters. The van der Waals surface area contributed by atoms with Gasteiger partial charge in [0.15, 0.2) is 0 Å². The Morgan fingerprint density at radius 1 is 1.35 bits per heavy atom. The van der Waals surface area contributed by atoms with E-state index in [1.165, 1.54) is 6.07 Å². The van der Waals surface area contributed by atoms with Crippen molar-refractivity contribution in [3.8, 4) is 5.75 Å². The molecule has 0 radical (unpaired) electrons. The van der Waals surface area contributed by atoms with E-state index in [1.54, 1.807) is 6.08 Å². The van der Waals surface area contributed by atoms with Crippen LogP contribution < -0.4 is 10.3 Å². The highest BCUT2D eigenvalue weighted by molar-refractivity contribution is 5.69. The minimum absolute atomic E-state index is 0.195. The lowest BCUT2D eigenvalue weighted by Gasteiger charge is -2.03. The van der Waals surface area contributed by atoms with Crippen molar-refractivity contribution in [1.29, 1.82) is 0 Å². The molecule has 4 heteroatoms. The Bertz CT molecular complexity index is 687. The van der Waals surface area contributed by atoms with Crippen molar-refractivity contribution in [3.05, 3.63) is 70.2 Å². The molecule has 0 amide bonds. The van der Waals surface area contributed by atoms with Gasteiger partial charge in [0, 0.05) is 6.07 Å². The fourth-order valence-electron chi connectivity index (χ4n) is 1.71. The zero-order chi connectivity index (χ0) is 14.4. The number of nitrogens with one attached hydrogen (secondary N) is 1. The molecule has 1 heterocycles. The van der Waals surface area contributed by atoms with Gasteiger partial charge in [0.05, 0.1) is 5.69 Å². The van der Waals surface area contributed by atoms with Crippen LogP contribution in [0, 0.1) is 6.92 Å². The van der Waals surface area contributed by atoms with Gasteiger partial charge in [-0.3, -0.25) is 4.79 Å². The summed E-state index contributed by atoms with van der Waals surface area (Å²) < 4.78 is 5.47. The van der Waals surface area contributed by atoms with Gasteiger partial charge < -0.3 is 4.74 Å². The zero-order valence-corrected chi connectivity index (χ0v) is 11.3. The molecule has 0 bridgehead atoms. The molecule has 2 aromatic rings. The highest BCUT2D eigenvalue weighted by Gasteiger charge is 1.97. The molecule has 0 spiro atoms. The summed E-state index contributed by atoms with van der Waals surface area (Å²) in [6, 6.07) is 9.24. The van der Waals surface area contributed by atoms with Crippen LogP contribution in [0.4, 0.5) is 0 Å². The number of rotatable bonds is 5. The van der Waals surface area contributed by atoms with E-state index in [1.807, 2.05) is 43.3 Å². The van der Waals surface area contributed by atoms with E-state index in [0.29, 0.717) is 6.61 Å². The number of nitrogens with zero attached hydrogens (tertiary/aromatic N) is 1. The number of benzene rings is 1. The summed E-state index contributed by atoms with van der Waals surface area (Å²) in [6.45, 7) is 5.95. The summed E-state index contributed by atoms with van der Waals surface area (Å²) >= 11 is 0. The van der Waals surface area contributed by atoms with Crippen LogP contribution in [0.25, 0.3) is 12.2 Å². The molecule has 1 aromatic carbocycles. The quantitative estimate of drug-likeness (QED) is 0.848. The standard InChI is InChI=1S/C16H16N2O2/c1-3-9-20-14-6-4-5-13(11-14)7-8-15-12(2)10-16(19)18-17-15/h3-8,10-11H,1,9H2,2H3,(H,18,19). The fraction of sp³-hybridized carbons (Fsp3) is 0.125. The third-order valence-electron chi connectivity index (χ3n) is 2.70. The number of H-pyrrole nitrogens is 1.